The molecule has 0 radical (unpaired) electrons. The molecule has 3 nitrogen and oxygen atoms in total. The van der Waals surface area contributed by atoms with Crippen molar-refractivity contribution in [3.63, 3.8) is 0 Å². The lowest BCUT2D eigenvalue weighted by atomic mass is 10.1. The molecular weight excluding hydrogens is 231 g/mol. The zero-order valence-corrected chi connectivity index (χ0v) is 9.77. The SMILES string of the molecule is Cc1ccc(-c2nc3cc(N)ccc3o2)cc1F. The Bertz CT molecular complexity index is 734. The van der Waals surface area contributed by atoms with Crippen LogP contribution in [0.5, 0.6) is 0 Å². The van der Waals surface area contributed by atoms with E-state index in [2.05, 4.69) is 4.98 Å². The van der Waals surface area contributed by atoms with E-state index < -0.39 is 0 Å². The molecule has 2 aromatic carbocycles. The molecule has 90 valence electrons. The lowest BCUT2D eigenvalue weighted by molar-refractivity contribution is 0.607. The highest BCUT2D eigenvalue weighted by atomic mass is 19.1. The van der Waals surface area contributed by atoms with Crippen LogP contribution >= 0.6 is 0 Å². The maximum absolute atomic E-state index is 13.5. The first-order valence-electron chi connectivity index (χ1n) is 5.56. The Morgan fingerprint density at radius 1 is 1.17 bits per heavy atom. The van der Waals surface area contributed by atoms with Gasteiger partial charge < -0.3 is 10.2 Å². The van der Waals surface area contributed by atoms with Crippen LogP contribution in [0.15, 0.2) is 40.8 Å². The highest BCUT2D eigenvalue weighted by molar-refractivity contribution is 5.79. The Morgan fingerprint density at radius 2 is 2.00 bits per heavy atom. The van der Waals surface area contributed by atoms with Gasteiger partial charge in [0, 0.05) is 11.3 Å². The molecule has 3 aromatic rings. The van der Waals surface area contributed by atoms with Crippen molar-refractivity contribution >= 4 is 16.8 Å². The number of nitrogens with two attached hydrogens (primary N) is 1. The van der Waals surface area contributed by atoms with Crippen molar-refractivity contribution in [1.29, 1.82) is 0 Å². The summed E-state index contributed by atoms with van der Waals surface area (Å²) in [6, 6.07) is 10.1. The van der Waals surface area contributed by atoms with E-state index in [9.17, 15) is 4.39 Å². The van der Waals surface area contributed by atoms with Crippen LogP contribution in [0.25, 0.3) is 22.6 Å². The van der Waals surface area contributed by atoms with Gasteiger partial charge in [0.2, 0.25) is 5.89 Å². The Labute approximate surface area is 103 Å². The van der Waals surface area contributed by atoms with E-state index in [1.165, 1.54) is 6.07 Å². The molecule has 4 heteroatoms. The van der Waals surface area contributed by atoms with Gasteiger partial charge in [-0.2, -0.15) is 0 Å². The summed E-state index contributed by atoms with van der Waals surface area (Å²) in [5, 5.41) is 0. The summed E-state index contributed by atoms with van der Waals surface area (Å²) in [6.07, 6.45) is 0. The van der Waals surface area contributed by atoms with Crippen LogP contribution in [0, 0.1) is 12.7 Å². The fourth-order valence-corrected chi connectivity index (χ4v) is 1.79. The third-order valence-corrected chi connectivity index (χ3v) is 2.83. The van der Waals surface area contributed by atoms with Crippen LogP contribution in [0.4, 0.5) is 10.1 Å². The van der Waals surface area contributed by atoms with Gasteiger partial charge >= 0.3 is 0 Å². The van der Waals surface area contributed by atoms with Crippen LogP contribution in [0.2, 0.25) is 0 Å². The first-order valence-corrected chi connectivity index (χ1v) is 5.56. The fraction of sp³-hybridized carbons (Fsp3) is 0.0714. The summed E-state index contributed by atoms with van der Waals surface area (Å²) in [6.45, 7) is 1.71. The van der Waals surface area contributed by atoms with E-state index in [1.807, 2.05) is 0 Å². The second kappa shape index (κ2) is 3.84. The van der Waals surface area contributed by atoms with Gasteiger partial charge in [-0.3, -0.25) is 0 Å². The summed E-state index contributed by atoms with van der Waals surface area (Å²) < 4.78 is 19.1. The number of rotatable bonds is 1. The van der Waals surface area contributed by atoms with Gasteiger partial charge in [0.25, 0.3) is 0 Å². The molecule has 3 rings (SSSR count). The van der Waals surface area contributed by atoms with E-state index in [0.717, 1.165) is 0 Å². The monoisotopic (exact) mass is 242 g/mol. The number of oxazole rings is 1. The van der Waals surface area contributed by atoms with Crippen molar-refractivity contribution < 1.29 is 8.81 Å². The topological polar surface area (TPSA) is 52.0 Å². The minimum Gasteiger partial charge on any atom is -0.436 e. The molecule has 1 aromatic heterocycles. The van der Waals surface area contributed by atoms with Crippen LogP contribution in [0.3, 0.4) is 0 Å². The standard InChI is InChI=1S/C14H11FN2O/c1-8-2-3-9(6-11(8)15)14-17-12-7-10(16)4-5-13(12)18-14/h2-7H,16H2,1H3. The summed E-state index contributed by atoms with van der Waals surface area (Å²) in [4.78, 5) is 4.30. The zero-order valence-electron chi connectivity index (χ0n) is 9.77. The summed E-state index contributed by atoms with van der Waals surface area (Å²) in [7, 11) is 0. The number of benzene rings is 2. The molecule has 0 aliphatic carbocycles. The highest BCUT2D eigenvalue weighted by Gasteiger charge is 2.09. The Kier molecular flexibility index (Phi) is 2.30. The molecule has 0 aliphatic rings. The van der Waals surface area contributed by atoms with Crippen LogP contribution in [0.1, 0.15) is 5.56 Å². The average molecular weight is 242 g/mol. The Balaban J connectivity index is 2.16. The molecule has 2 N–H and O–H groups in total. The number of aromatic nitrogens is 1. The minimum absolute atomic E-state index is 0.269. The average Bonchev–Trinajstić information content (AvgIpc) is 2.75. The van der Waals surface area contributed by atoms with Gasteiger partial charge in [-0.15, -0.1) is 0 Å². The summed E-state index contributed by atoms with van der Waals surface area (Å²) >= 11 is 0. The minimum atomic E-state index is -0.269. The predicted octanol–water partition coefficient (Wildman–Crippen LogP) is 3.52. The van der Waals surface area contributed by atoms with Gasteiger partial charge in [-0.1, -0.05) is 6.07 Å². The van der Waals surface area contributed by atoms with E-state index in [1.54, 1.807) is 37.3 Å². The second-order valence-corrected chi connectivity index (χ2v) is 4.21. The van der Waals surface area contributed by atoms with Gasteiger partial charge in [0.15, 0.2) is 5.58 Å². The zero-order chi connectivity index (χ0) is 12.7. The second-order valence-electron chi connectivity index (χ2n) is 4.21. The Morgan fingerprint density at radius 3 is 2.78 bits per heavy atom. The van der Waals surface area contributed by atoms with Crippen molar-refractivity contribution in [1.82, 2.24) is 4.98 Å². The number of fused-ring (bicyclic) bond motifs is 1. The summed E-state index contributed by atoms with van der Waals surface area (Å²) in [5.41, 5.74) is 8.82. The molecule has 0 amide bonds. The molecule has 0 saturated carbocycles. The molecule has 0 spiro atoms. The molecule has 0 fully saturated rings. The van der Waals surface area contributed by atoms with E-state index in [4.69, 9.17) is 10.2 Å². The maximum Gasteiger partial charge on any atom is 0.227 e. The quantitative estimate of drug-likeness (QED) is 0.664. The molecule has 0 atom stereocenters. The number of aryl methyl sites for hydroxylation is 1. The van der Waals surface area contributed by atoms with Crippen LogP contribution in [-0.4, -0.2) is 4.98 Å². The van der Waals surface area contributed by atoms with E-state index in [-0.39, 0.29) is 5.82 Å². The van der Waals surface area contributed by atoms with Gasteiger partial charge in [-0.05, 0) is 42.8 Å². The number of anilines is 1. The van der Waals surface area contributed by atoms with Crippen molar-refractivity contribution in [2.45, 2.75) is 6.92 Å². The molecular formula is C14H11FN2O. The lowest BCUT2D eigenvalue weighted by Gasteiger charge is -1.98. The highest BCUT2D eigenvalue weighted by Crippen LogP contribution is 2.26. The number of halogens is 1. The van der Waals surface area contributed by atoms with Crippen molar-refractivity contribution in [3.8, 4) is 11.5 Å². The van der Waals surface area contributed by atoms with Crippen molar-refractivity contribution in [2.24, 2.45) is 0 Å². The van der Waals surface area contributed by atoms with Gasteiger partial charge in [0.05, 0.1) is 0 Å². The number of nitrogen functional groups attached to an aromatic ring is 1. The molecule has 18 heavy (non-hydrogen) atoms. The fourth-order valence-electron chi connectivity index (χ4n) is 1.79. The van der Waals surface area contributed by atoms with Gasteiger partial charge in [0.1, 0.15) is 11.3 Å². The Hall–Kier alpha value is -2.36. The molecule has 0 aliphatic heterocycles. The van der Waals surface area contributed by atoms with Crippen molar-refractivity contribution in [3.05, 3.63) is 47.8 Å². The largest absolute Gasteiger partial charge is 0.436 e. The predicted molar refractivity (Wildman–Crippen MR) is 68.6 cm³/mol. The smallest absolute Gasteiger partial charge is 0.227 e. The molecule has 0 bridgehead atoms. The number of hydrogen-bond acceptors (Lipinski definition) is 3. The van der Waals surface area contributed by atoms with E-state index in [0.29, 0.717) is 33.8 Å². The lowest BCUT2D eigenvalue weighted by Crippen LogP contribution is -1.84. The maximum atomic E-state index is 13.5. The number of nitrogens with zero attached hydrogens (tertiary/aromatic N) is 1. The van der Waals surface area contributed by atoms with Crippen LogP contribution < -0.4 is 5.73 Å². The first kappa shape index (κ1) is 10.8. The van der Waals surface area contributed by atoms with Crippen molar-refractivity contribution in [2.75, 3.05) is 5.73 Å². The van der Waals surface area contributed by atoms with Gasteiger partial charge in [-0.25, -0.2) is 9.37 Å². The first-order chi connectivity index (χ1) is 8.63. The third-order valence-electron chi connectivity index (χ3n) is 2.83. The molecule has 0 saturated heterocycles. The molecule has 1 heterocycles. The van der Waals surface area contributed by atoms with Crippen LogP contribution in [-0.2, 0) is 0 Å². The number of hydrogen-bond donors (Lipinski definition) is 1. The summed E-state index contributed by atoms with van der Waals surface area (Å²) in [5.74, 6) is 0.128. The normalized spacial score (nSPS) is 11.0. The third kappa shape index (κ3) is 1.72. The van der Waals surface area contributed by atoms with E-state index >= 15 is 0 Å². The molecule has 0 unspecified atom stereocenters.